The minimum absolute atomic E-state index is 0.244. The van der Waals surface area contributed by atoms with Crippen LogP contribution in [-0.2, 0) is 11.3 Å². The molecule has 2 amide bonds. The Morgan fingerprint density at radius 1 is 1.03 bits per heavy atom. The van der Waals surface area contributed by atoms with E-state index >= 15 is 0 Å². The van der Waals surface area contributed by atoms with Crippen LogP contribution in [0.25, 0.3) is 17.0 Å². The number of amides is 2. The number of aromatic nitrogens is 1. The molecule has 0 unspecified atom stereocenters. The Kier molecular flexibility index (Phi) is 5.25. The number of anilines is 1. The van der Waals surface area contributed by atoms with Gasteiger partial charge in [0.1, 0.15) is 5.76 Å². The number of carbonyl (C=O) groups is 2. The molecule has 4 rings (SSSR count). The number of para-hydroxylation sites is 1. The van der Waals surface area contributed by atoms with Gasteiger partial charge in [-0.05, 0) is 48.0 Å². The Balaban J connectivity index is 1.39. The third-order valence-corrected chi connectivity index (χ3v) is 4.43. The van der Waals surface area contributed by atoms with E-state index in [0.29, 0.717) is 23.6 Å². The largest absolute Gasteiger partial charge is 0.467 e. The van der Waals surface area contributed by atoms with Crippen LogP contribution in [0.15, 0.2) is 83.6 Å². The zero-order valence-electron chi connectivity index (χ0n) is 15.5. The van der Waals surface area contributed by atoms with Crippen molar-refractivity contribution in [3.8, 4) is 0 Å². The second-order valence-electron chi connectivity index (χ2n) is 6.46. The van der Waals surface area contributed by atoms with Crippen LogP contribution in [0.2, 0.25) is 0 Å². The summed E-state index contributed by atoms with van der Waals surface area (Å²) in [5.74, 6) is 0.153. The number of carbonyl (C=O) groups excluding carboxylic acids is 2. The lowest BCUT2D eigenvalue weighted by atomic mass is 10.1. The van der Waals surface area contributed by atoms with Gasteiger partial charge in [0.15, 0.2) is 0 Å². The Morgan fingerprint density at radius 3 is 2.79 bits per heavy atom. The summed E-state index contributed by atoms with van der Waals surface area (Å²) >= 11 is 0. The van der Waals surface area contributed by atoms with Gasteiger partial charge < -0.3 is 20.0 Å². The summed E-state index contributed by atoms with van der Waals surface area (Å²) in [6, 6.07) is 18.2. The maximum atomic E-state index is 12.3. The molecule has 0 saturated carbocycles. The van der Waals surface area contributed by atoms with Crippen LogP contribution in [-0.4, -0.2) is 16.8 Å². The second-order valence-corrected chi connectivity index (χ2v) is 6.46. The van der Waals surface area contributed by atoms with E-state index in [9.17, 15) is 9.59 Å². The number of nitrogens with one attached hydrogen (secondary N) is 3. The van der Waals surface area contributed by atoms with E-state index in [1.165, 1.54) is 6.08 Å². The SMILES string of the molecule is O=C(/C=C/c1c[nH]c2ccccc12)Nc1cccc(C(=O)NCc2ccco2)c1. The molecule has 0 radical (unpaired) electrons. The zero-order chi connectivity index (χ0) is 20.1. The number of rotatable bonds is 6. The van der Waals surface area contributed by atoms with Gasteiger partial charge in [0, 0.05) is 34.4 Å². The Bertz CT molecular complexity index is 1170. The third kappa shape index (κ3) is 4.44. The fraction of sp³-hybridized carbons (Fsp3) is 0.0435. The number of benzene rings is 2. The van der Waals surface area contributed by atoms with Crippen molar-refractivity contribution >= 4 is 34.5 Å². The molecule has 0 atom stereocenters. The van der Waals surface area contributed by atoms with Crippen LogP contribution in [0.4, 0.5) is 5.69 Å². The molecule has 0 fully saturated rings. The van der Waals surface area contributed by atoms with E-state index in [1.807, 2.05) is 30.5 Å². The highest BCUT2D eigenvalue weighted by Gasteiger charge is 2.08. The molecule has 0 bridgehead atoms. The van der Waals surface area contributed by atoms with Gasteiger partial charge in [0.25, 0.3) is 5.91 Å². The lowest BCUT2D eigenvalue weighted by molar-refractivity contribution is -0.111. The molecule has 0 spiro atoms. The average Bonchev–Trinajstić information content (AvgIpc) is 3.40. The molecular formula is C23H19N3O3. The molecule has 0 aliphatic carbocycles. The Morgan fingerprint density at radius 2 is 1.93 bits per heavy atom. The number of hydrogen-bond acceptors (Lipinski definition) is 3. The second kappa shape index (κ2) is 8.31. The van der Waals surface area contributed by atoms with Gasteiger partial charge in [-0.15, -0.1) is 0 Å². The summed E-state index contributed by atoms with van der Waals surface area (Å²) in [6.45, 7) is 0.301. The zero-order valence-corrected chi connectivity index (χ0v) is 15.5. The molecule has 0 aliphatic rings. The van der Waals surface area contributed by atoms with Crippen molar-refractivity contribution in [2.24, 2.45) is 0 Å². The van der Waals surface area contributed by atoms with Crippen molar-refractivity contribution in [1.29, 1.82) is 0 Å². The fourth-order valence-electron chi connectivity index (χ4n) is 3.00. The molecule has 6 nitrogen and oxygen atoms in total. The quantitative estimate of drug-likeness (QED) is 0.432. The van der Waals surface area contributed by atoms with E-state index in [2.05, 4.69) is 15.6 Å². The van der Waals surface area contributed by atoms with Crippen molar-refractivity contribution in [3.63, 3.8) is 0 Å². The molecular weight excluding hydrogens is 366 g/mol. The number of hydrogen-bond donors (Lipinski definition) is 3. The first-order valence-electron chi connectivity index (χ1n) is 9.15. The molecule has 2 aromatic heterocycles. The first-order valence-corrected chi connectivity index (χ1v) is 9.15. The molecule has 29 heavy (non-hydrogen) atoms. The highest BCUT2D eigenvalue weighted by molar-refractivity contribution is 6.04. The molecule has 2 aromatic carbocycles. The fourth-order valence-corrected chi connectivity index (χ4v) is 3.00. The summed E-state index contributed by atoms with van der Waals surface area (Å²) in [4.78, 5) is 27.8. The van der Waals surface area contributed by atoms with E-state index < -0.39 is 0 Å². The van der Waals surface area contributed by atoms with E-state index in [4.69, 9.17) is 4.42 Å². The predicted octanol–water partition coefficient (Wildman–Crippen LogP) is 4.34. The van der Waals surface area contributed by atoms with Crippen molar-refractivity contribution in [2.75, 3.05) is 5.32 Å². The maximum Gasteiger partial charge on any atom is 0.251 e. The lowest BCUT2D eigenvalue weighted by Crippen LogP contribution is -2.22. The molecule has 0 aliphatic heterocycles. The summed E-state index contributed by atoms with van der Waals surface area (Å²) in [5.41, 5.74) is 2.95. The van der Waals surface area contributed by atoms with Crippen LogP contribution >= 0.6 is 0 Å². The van der Waals surface area contributed by atoms with Gasteiger partial charge in [-0.25, -0.2) is 0 Å². The molecule has 0 saturated heterocycles. The topological polar surface area (TPSA) is 87.1 Å². The predicted molar refractivity (Wildman–Crippen MR) is 112 cm³/mol. The van der Waals surface area contributed by atoms with Crippen molar-refractivity contribution in [3.05, 3.63) is 96.1 Å². The summed E-state index contributed by atoms with van der Waals surface area (Å²) < 4.78 is 5.20. The number of H-pyrrole nitrogens is 1. The standard InChI is InChI=1S/C23H19N3O3/c27-22(11-10-17-14-24-21-9-2-1-8-20(17)21)26-18-6-3-5-16(13-18)23(28)25-15-19-7-4-12-29-19/h1-14,24H,15H2,(H,25,28)(H,26,27)/b11-10+. The number of fused-ring (bicyclic) bond motifs is 1. The summed E-state index contributed by atoms with van der Waals surface area (Å²) in [7, 11) is 0. The van der Waals surface area contributed by atoms with Crippen molar-refractivity contribution in [1.82, 2.24) is 10.3 Å². The lowest BCUT2D eigenvalue weighted by Gasteiger charge is -2.06. The summed E-state index contributed by atoms with van der Waals surface area (Å²) in [5, 5.41) is 6.61. The van der Waals surface area contributed by atoms with E-state index in [1.54, 1.807) is 48.7 Å². The monoisotopic (exact) mass is 385 g/mol. The smallest absolute Gasteiger partial charge is 0.251 e. The van der Waals surface area contributed by atoms with E-state index in [0.717, 1.165) is 16.5 Å². The average molecular weight is 385 g/mol. The van der Waals surface area contributed by atoms with Gasteiger partial charge in [0.05, 0.1) is 12.8 Å². The highest BCUT2D eigenvalue weighted by atomic mass is 16.3. The Hall–Kier alpha value is -4.06. The van der Waals surface area contributed by atoms with Crippen LogP contribution in [0, 0.1) is 0 Å². The van der Waals surface area contributed by atoms with E-state index in [-0.39, 0.29) is 11.8 Å². The number of furan rings is 1. The molecule has 144 valence electrons. The van der Waals surface area contributed by atoms with Crippen molar-refractivity contribution < 1.29 is 14.0 Å². The minimum atomic E-state index is -0.275. The first-order chi connectivity index (χ1) is 14.2. The van der Waals surface area contributed by atoms with Gasteiger partial charge in [-0.1, -0.05) is 24.3 Å². The van der Waals surface area contributed by atoms with Crippen LogP contribution in [0.1, 0.15) is 21.7 Å². The van der Waals surface area contributed by atoms with Crippen LogP contribution < -0.4 is 10.6 Å². The molecule has 6 heteroatoms. The van der Waals surface area contributed by atoms with Gasteiger partial charge >= 0.3 is 0 Å². The van der Waals surface area contributed by atoms with Crippen molar-refractivity contribution in [2.45, 2.75) is 6.54 Å². The van der Waals surface area contributed by atoms with Gasteiger partial charge in [-0.3, -0.25) is 9.59 Å². The van der Waals surface area contributed by atoms with Gasteiger partial charge in [-0.2, -0.15) is 0 Å². The highest BCUT2D eigenvalue weighted by Crippen LogP contribution is 2.19. The maximum absolute atomic E-state index is 12.3. The normalized spacial score (nSPS) is 11.0. The molecule has 2 heterocycles. The molecule has 4 aromatic rings. The number of aromatic amines is 1. The Labute approximate surface area is 167 Å². The van der Waals surface area contributed by atoms with Crippen LogP contribution in [0.5, 0.6) is 0 Å². The molecule has 3 N–H and O–H groups in total. The van der Waals surface area contributed by atoms with Crippen LogP contribution in [0.3, 0.4) is 0 Å². The first kappa shape index (κ1) is 18.3. The third-order valence-electron chi connectivity index (χ3n) is 4.43. The summed E-state index contributed by atoms with van der Waals surface area (Å²) in [6.07, 6.45) is 6.65. The van der Waals surface area contributed by atoms with Gasteiger partial charge in [0.2, 0.25) is 5.91 Å². The minimum Gasteiger partial charge on any atom is -0.467 e.